The smallest absolute Gasteiger partial charge is 0.0568 e. The summed E-state index contributed by atoms with van der Waals surface area (Å²) in [7, 11) is 0. The molecule has 3 heteroatoms. The van der Waals surface area contributed by atoms with Crippen molar-refractivity contribution in [2.45, 2.75) is 39.0 Å². The molecule has 94 valence electrons. The van der Waals surface area contributed by atoms with Crippen molar-refractivity contribution in [3.8, 4) is 0 Å². The number of halogens is 2. The predicted molar refractivity (Wildman–Crippen MR) is 79.3 cm³/mol. The molecule has 1 aromatic rings. The van der Waals surface area contributed by atoms with Gasteiger partial charge in [0.2, 0.25) is 0 Å². The molecule has 0 bridgehead atoms. The van der Waals surface area contributed by atoms with Gasteiger partial charge in [-0.15, -0.1) is 0 Å². The molecule has 0 atom stereocenters. The van der Waals surface area contributed by atoms with Crippen molar-refractivity contribution < 1.29 is 0 Å². The molecule has 0 radical (unpaired) electrons. The number of benzene rings is 1. The van der Waals surface area contributed by atoms with Gasteiger partial charge in [-0.3, -0.25) is 0 Å². The molecule has 0 spiro atoms. The molecule has 0 unspecified atom stereocenters. The molecule has 0 N–H and O–H groups in total. The Morgan fingerprint density at radius 2 is 1.94 bits per heavy atom. The quantitative estimate of drug-likeness (QED) is 0.758. The van der Waals surface area contributed by atoms with Crippen LogP contribution in [-0.4, -0.2) is 13.1 Å². The number of likely N-dealkylation sites (N-methyl/N-ethyl adjacent to an activating group) is 1. The fourth-order valence-corrected chi connectivity index (χ4v) is 3.40. The summed E-state index contributed by atoms with van der Waals surface area (Å²) in [6, 6.07) is 4.33. The van der Waals surface area contributed by atoms with Crippen molar-refractivity contribution in [2.75, 3.05) is 18.0 Å². The number of fused-ring (bicyclic) bond motifs is 1. The molecule has 0 saturated heterocycles. The van der Waals surface area contributed by atoms with E-state index in [1.54, 1.807) is 0 Å². The standard InChI is InChI=1S/C14H19BrClN/c1-4-14(5-2)9-17(6-3)13-8-12(16)11(15)7-10(13)14/h7-8H,4-6,9H2,1-3H3. The Kier molecular flexibility index (Phi) is 3.74. The third-order valence-electron chi connectivity index (χ3n) is 4.18. The molecule has 1 aromatic carbocycles. The van der Waals surface area contributed by atoms with Crippen molar-refractivity contribution >= 4 is 33.2 Å². The van der Waals surface area contributed by atoms with Crippen LogP contribution >= 0.6 is 27.5 Å². The second kappa shape index (κ2) is 4.81. The monoisotopic (exact) mass is 315 g/mol. The Bertz CT molecular complexity index is 426. The van der Waals surface area contributed by atoms with E-state index < -0.39 is 0 Å². The van der Waals surface area contributed by atoms with Crippen LogP contribution < -0.4 is 4.90 Å². The second-order valence-electron chi connectivity index (χ2n) is 4.79. The maximum absolute atomic E-state index is 6.22. The summed E-state index contributed by atoms with van der Waals surface area (Å²) in [4.78, 5) is 2.45. The molecule has 0 saturated carbocycles. The third-order valence-corrected chi connectivity index (χ3v) is 5.38. The van der Waals surface area contributed by atoms with E-state index >= 15 is 0 Å². The minimum Gasteiger partial charge on any atom is -0.371 e. The van der Waals surface area contributed by atoms with Crippen LogP contribution in [0.2, 0.25) is 5.02 Å². The highest BCUT2D eigenvalue weighted by Crippen LogP contribution is 2.47. The van der Waals surface area contributed by atoms with E-state index in [4.69, 9.17) is 11.6 Å². The average molecular weight is 317 g/mol. The van der Waals surface area contributed by atoms with E-state index in [1.165, 1.54) is 24.1 Å². The topological polar surface area (TPSA) is 3.24 Å². The Hall–Kier alpha value is -0.210. The first-order valence-electron chi connectivity index (χ1n) is 6.32. The van der Waals surface area contributed by atoms with Crippen LogP contribution in [0.5, 0.6) is 0 Å². The van der Waals surface area contributed by atoms with Gasteiger partial charge < -0.3 is 4.90 Å². The van der Waals surface area contributed by atoms with Gasteiger partial charge in [0.05, 0.1) is 5.02 Å². The number of nitrogens with zero attached hydrogens (tertiary/aromatic N) is 1. The molecular formula is C14H19BrClN. The second-order valence-corrected chi connectivity index (χ2v) is 6.05. The maximum Gasteiger partial charge on any atom is 0.0568 e. The minimum atomic E-state index is 0.304. The number of anilines is 1. The van der Waals surface area contributed by atoms with Crippen LogP contribution in [0.15, 0.2) is 16.6 Å². The minimum absolute atomic E-state index is 0.304. The summed E-state index contributed by atoms with van der Waals surface area (Å²) in [6.07, 6.45) is 2.36. The first kappa shape index (κ1) is 13.2. The Balaban J connectivity index is 2.60. The maximum atomic E-state index is 6.22. The van der Waals surface area contributed by atoms with Crippen LogP contribution in [0.1, 0.15) is 39.2 Å². The molecule has 1 aliphatic rings. The Labute approximate surface area is 117 Å². The molecule has 0 fully saturated rings. The number of rotatable bonds is 3. The van der Waals surface area contributed by atoms with Crippen LogP contribution in [0.3, 0.4) is 0 Å². The molecule has 17 heavy (non-hydrogen) atoms. The average Bonchev–Trinajstić information content (AvgIpc) is 2.64. The highest BCUT2D eigenvalue weighted by molar-refractivity contribution is 9.10. The first-order chi connectivity index (χ1) is 8.07. The van der Waals surface area contributed by atoms with Gasteiger partial charge in [0.1, 0.15) is 0 Å². The first-order valence-corrected chi connectivity index (χ1v) is 7.49. The van der Waals surface area contributed by atoms with Gasteiger partial charge in [-0.2, -0.15) is 0 Å². The molecule has 2 rings (SSSR count). The van der Waals surface area contributed by atoms with Crippen molar-refractivity contribution in [1.29, 1.82) is 0 Å². The zero-order valence-electron chi connectivity index (χ0n) is 10.7. The summed E-state index contributed by atoms with van der Waals surface area (Å²) >= 11 is 9.77. The lowest BCUT2D eigenvalue weighted by Crippen LogP contribution is -2.32. The molecular weight excluding hydrogens is 298 g/mol. The van der Waals surface area contributed by atoms with Gasteiger partial charge in [0.15, 0.2) is 0 Å². The van der Waals surface area contributed by atoms with Crippen molar-refractivity contribution in [1.82, 2.24) is 0 Å². The largest absolute Gasteiger partial charge is 0.371 e. The van der Waals surface area contributed by atoms with E-state index in [9.17, 15) is 0 Å². The van der Waals surface area contributed by atoms with Crippen molar-refractivity contribution in [2.24, 2.45) is 0 Å². The number of hydrogen-bond acceptors (Lipinski definition) is 1. The third kappa shape index (κ3) is 2.00. The summed E-state index contributed by atoms with van der Waals surface area (Å²) in [5, 5.41) is 0.810. The van der Waals surface area contributed by atoms with Gasteiger partial charge in [0, 0.05) is 28.7 Å². The molecule has 1 heterocycles. The lowest BCUT2D eigenvalue weighted by Gasteiger charge is -2.28. The van der Waals surface area contributed by atoms with E-state index in [-0.39, 0.29) is 0 Å². The van der Waals surface area contributed by atoms with Crippen LogP contribution in [0.4, 0.5) is 5.69 Å². The molecule has 0 aromatic heterocycles. The fourth-order valence-electron chi connectivity index (χ4n) is 2.90. The SMILES string of the molecule is CCN1CC(CC)(CC)c2cc(Br)c(Cl)cc21. The van der Waals surface area contributed by atoms with E-state index in [2.05, 4.69) is 53.7 Å². The van der Waals surface area contributed by atoms with Crippen molar-refractivity contribution in [3.05, 3.63) is 27.2 Å². The van der Waals surface area contributed by atoms with E-state index in [1.807, 2.05) is 0 Å². The highest BCUT2D eigenvalue weighted by Gasteiger charge is 2.39. The van der Waals surface area contributed by atoms with Gasteiger partial charge in [-0.25, -0.2) is 0 Å². The van der Waals surface area contributed by atoms with Crippen LogP contribution in [0.25, 0.3) is 0 Å². The zero-order chi connectivity index (χ0) is 12.6. The van der Waals surface area contributed by atoms with Crippen LogP contribution in [0, 0.1) is 0 Å². The summed E-state index contributed by atoms with van der Waals surface area (Å²) in [5.74, 6) is 0. The summed E-state index contributed by atoms with van der Waals surface area (Å²) < 4.78 is 1.02. The van der Waals surface area contributed by atoms with Crippen molar-refractivity contribution in [3.63, 3.8) is 0 Å². The van der Waals surface area contributed by atoms with Gasteiger partial charge >= 0.3 is 0 Å². The predicted octanol–water partition coefficient (Wildman–Crippen LogP) is 5.00. The summed E-state index contributed by atoms with van der Waals surface area (Å²) in [6.45, 7) is 8.95. The van der Waals surface area contributed by atoms with E-state index in [0.717, 1.165) is 22.6 Å². The zero-order valence-corrected chi connectivity index (χ0v) is 13.0. The number of hydrogen-bond donors (Lipinski definition) is 0. The van der Waals surface area contributed by atoms with Crippen LogP contribution in [-0.2, 0) is 5.41 Å². The van der Waals surface area contributed by atoms with Gasteiger partial charge in [0.25, 0.3) is 0 Å². The molecule has 1 nitrogen and oxygen atoms in total. The lowest BCUT2D eigenvalue weighted by atomic mass is 9.78. The molecule has 0 amide bonds. The normalized spacial score (nSPS) is 17.4. The van der Waals surface area contributed by atoms with E-state index in [0.29, 0.717) is 5.41 Å². The fraction of sp³-hybridized carbons (Fsp3) is 0.571. The summed E-state index contributed by atoms with van der Waals surface area (Å²) in [5.41, 5.74) is 3.09. The van der Waals surface area contributed by atoms with Gasteiger partial charge in [-0.05, 0) is 53.4 Å². The lowest BCUT2D eigenvalue weighted by molar-refractivity contribution is 0.421. The Morgan fingerprint density at radius 1 is 1.29 bits per heavy atom. The van der Waals surface area contributed by atoms with Gasteiger partial charge in [-0.1, -0.05) is 25.4 Å². The highest BCUT2D eigenvalue weighted by atomic mass is 79.9. The molecule has 1 aliphatic heterocycles. The molecule has 0 aliphatic carbocycles. The Morgan fingerprint density at radius 3 is 2.47 bits per heavy atom.